The van der Waals surface area contributed by atoms with Gasteiger partial charge in [0.2, 0.25) is 0 Å². The zero-order valence-corrected chi connectivity index (χ0v) is 11.4. The number of hydrogen-bond donors (Lipinski definition) is 0. The van der Waals surface area contributed by atoms with E-state index < -0.39 is 20.6 Å². The number of hydrogen-bond acceptors (Lipinski definition) is 3. The largest absolute Gasteiger partial charge is 0.319 e. The van der Waals surface area contributed by atoms with E-state index in [4.69, 9.17) is 9.05 Å². The van der Waals surface area contributed by atoms with E-state index in [1.165, 1.54) is 0 Å². The highest BCUT2D eigenvalue weighted by atomic mass is 31.1. The Bertz CT molecular complexity index is 248. The molecule has 3 nitrogen and oxygen atoms in total. The van der Waals surface area contributed by atoms with Crippen LogP contribution in [0, 0.1) is 0 Å². The van der Waals surface area contributed by atoms with Crippen molar-refractivity contribution in [1.82, 2.24) is 0 Å². The van der Waals surface area contributed by atoms with Crippen LogP contribution in [0.3, 0.4) is 0 Å². The van der Waals surface area contributed by atoms with Gasteiger partial charge in [0, 0.05) is 0 Å². The molecule has 0 unspecified atom stereocenters. The van der Waals surface area contributed by atoms with Crippen LogP contribution in [0.4, 0.5) is 8.78 Å². The van der Waals surface area contributed by atoms with E-state index in [0.29, 0.717) is 51.4 Å². The first-order chi connectivity index (χ1) is 8.63. The van der Waals surface area contributed by atoms with Crippen LogP contribution in [0.5, 0.6) is 0 Å². The molecular weight excluding hydrogens is 261 g/mol. The SMILES string of the molecule is O=[PH](OC1CCC(F)CC1)OC1CCC(F)CC1. The molecule has 0 bridgehead atoms. The molecule has 6 heteroatoms. The third kappa shape index (κ3) is 4.60. The molecule has 106 valence electrons. The molecule has 0 heterocycles. The lowest BCUT2D eigenvalue weighted by Gasteiger charge is -2.27. The van der Waals surface area contributed by atoms with Crippen LogP contribution in [-0.2, 0) is 13.6 Å². The summed E-state index contributed by atoms with van der Waals surface area (Å²) < 4.78 is 48.2. The maximum absolute atomic E-state index is 12.9. The minimum Gasteiger partial charge on any atom is -0.307 e. The summed E-state index contributed by atoms with van der Waals surface area (Å²) in [7, 11) is -2.52. The first-order valence-corrected chi connectivity index (χ1v) is 8.01. The summed E-state index contributed by atoms with van der Waals surface area (Å²) in [6.45, 7) is 0. The van der Waals surface area contributed by atoms with Crippen molar-refractivity contribution in [2.75, 3.05) is 0 Å². The second kappa shape index (κ2) is 6.97. The van der Waals surface area contributed by atoms with Gasteiger partial charge in [-0.3, -0.25) is 4.57 Å². The normalized spacial score (nSPS) is 39.4. The Morgan fingerprint density at radius 2 is 1.06 bits per heavy atom. The van der Waals surface area contributed by atoms with E-state index in [1.807, 2.05) is 0 Å². The van der Waals surface area contributed by atoms with Gasteiger partial charge in [-0.25, -0.2) is 8.78 Å². The van der Waals surface area contributed by atoms with Crippen molar-refractivity contribution in [3.8, 4) is 0 Å². The fraction of sp³-hybridized carbons (Fsp3) is 1.00. The molecule has 2 aliphatic carbocycles. The molecule has 18 heavy (non-hydrogen) atoms. The zero-order chi connectivity index (χ0) is 13.0. The second-order valence-electron chi connectivity index (χ2n) is 5.23. The van der Waals surface area contributed by atoms with E-state index in [0.717, 1.165) is 0 Å². The summed E-state index contributed by atoms with van der Waals surface area (Å²) in [5.41, 5.74) is 0. The van der Waals surface area contributed by atoms with Crippen LogP contribution in [0.25, 0.3) is 0 Å². The summed E-state index contributed by atoms with van der Waals surface area (Å²) in [6.07, 6.45) is 2.59. The molecule has 0 spiro atoms. The third-order valence-corrected chi connectivity index (χ3v) is 4.78. The van der Waals surface area contributed by atoms with E-state index >= 15 is 0 Å². The topological polar surface area (TPSA) is 35.5 Å². The average Bonchev–Trinajstić information content (AvgIpc) is 2.35. The van der Waals surface area contributed by atoms with E-state index in [1.54, 1.807) is 0 Å². The molecule has 0 amide bonds. The van der Waals surface area contributed by atoms with Crippen molar-refractivity contribution in [2.45, 2.75) is 75.9 Å². The predicted octanol–water partition coefficient (Wildman–Crippen LogP) is 3.97. The summed E-state index contributed by atoms with van der Waals surface area (Å²) in [5, 5.41) is 0. The van der Waals surface area contributed by atoms with Crippen LogP contribution in [0.1, 0.15) is 51.4 Å². The Hall–Kier alpha value is 0.01000. The van der Waals surface area contributed by atoms with Crippen molar-refractivity contribution in [1.29, 1.82) is 0 Å². The quantitative estimate of drug-likeness (QED) is 0.732. The first kappa shape index (κ1) is 14.4. The predicted molar refractivity (Wildman–Crippen MR) is 65.5 cm³/mol. The van der Waals surface area contributed by atoms with Gasteiger partial charge in [-0.2, -0.15) is 0 Å². The molecule has 0 saturated heterocycles. The monoisotopic (exact) mass is 282 g/mol. The Kier molecular flexibility index (Phi) is 5.58. The lowest BCUT2D eigenvalue weighted by atomic mass is 9.96. The molecule has 2 rings (SSSR count). The van der Waals surface area contributed by atoms with Gasteiger partial charge in [0.25, 0.3) is 0 Å². The highest BCUT2D eigenvalue weighted by Crippen LogP contribution is 2.37. The van der Waals surface area contributed by atoms with Gasteiger partial charge in [0.05, 0.1) is 12.2 Å². The summed E-state index contributed by atoms with van der Waals surface area (Å²) in [5.74, 6) is 0. The Morgan fingerprint density at radius 1 is 0.722 bits per heavy atom. The van der Waals surface area contributed by atoms with Gasteiger partial charge in [-0.1, -0.05) is 0 Å². The van der Waals surface area contributed by atoms with Crippen LogP contribution in [0.2, 0.25) is 0 Å². The van der Waals surface area contributed by atoms with Crippen molar-refractivity contribution in [3.63, 3.8) is 0 Å². The zero-order valence-electron chi connectivity index (χ0n) is 10.4. The van der Waals surface area contributed by atoms with Gasteiger partial charge in [-0.15, -0.1) is 0 Å². The van der Waals surface area contributed by atoms with Crippen LogP contribution in [-0.4, -0.2) is 24.6 Å². The maximum Gasteiger partial charge on any atom is 0.319 e. The highest BCUT2D eigenvalue weighted by Gasteiger charge is 2.26. The van der Waals surface area contributed by atoms with Crippen molar-refractivity contribution in [3.05, 3.63) is 0 Å². The molecule has 2 aliphatic rings. The summed E-state index contributed by atoms with van der Waals surface area (Å²) in [4.78, 5) is 0. The number of halogens is 2. The highest BCUT2D eigenvalue weighted by molar-refractivity contribution is 7.33. The maximum atomic E-state index is 12.9. The van der Waals surface area contributed by atoms with Crippen molar-refractivity contribution in [2.24, 2.45) is 0 Å². The molecule has 0 aromatic rings. The van der Waals surface area contributed by atoms with Gasteiger partial charge in [-0.05, 0) is 51.4 Å². The molecule has 0 aromatic carbocycles. The van der Waals surface area contributed by atoms with E-state index in [9.17, 15) is 13.3 Å². The lowest BCUT2D eigenvalue weighted by Crippen LogP contribution is -2.22. The Morgan fingerprint density at radius 3 is 1.39 bits per heavy atom. The van der Waals surface area contributed by atoms with Gasteiger partial charge < -0.3 is 9.05 Å². The lowest BCUT2D eigenvalue weighted by molar-refractivity contribution is 0.0666. The van der Waals surface area contributed by atoms with Gasteiger partial charge in [0.15, 0.2) is 0 Å². The standard InChI is InChI=1S/C12H21F2O3P/c13-9-1-5-11(6-2-9)16-18(15)17-12-7-3-10(14)4-8-12/h9-12,18H,1-8H2. The summed E-state index contributed by atoms with van der Waals surface area (Å²) >= 11 is 0. The third-order valence-electron chi connectivity index (χ3n) is 3.73. The molecule has 0 atom stereocenters. The molecule has 0 aliphatic heterocycles. The van der Waals surface area contributed by atoms with Gasteiger partial charge >= 0.3 is 8.25 Å². The fourth-order valence-electron chi connectivity index (χ4n) is 2.58. The molecule has 0 radical (unpaired) electrons. The molecule has 2 fully saturated rings. The van der Waals surface area contributed by atoms with E-state index in [-0.39, 0.29) is 12.2 Å². The number of alkyl halides is 2. The molecule has 2 saturated carbocycles. The fourth-order valence-corrected chi connectivity index (χ4v) is 3.65. The van der Waals surface area contributed by atoms with Gasteiger partial charge in [0.1, 0.15) is 12.3 Å². The van der Waals surface area contributed by atoms with Crippen LogP contribution < -0.4 is 0 Å². The smallest absolute Gasteiger partial charge is 0.307 e. The summed E-state index contributed by atoms with van der Waals surface area (Å²) in [6, 6.07) is 0. The minimum atomic E-state index is -2.52. The average molecular weight is 282 g/mol. The van der Waals surface area contributed by atoms with E-state index in [2.05, 4.69) is 0 Å². The molecule has 0 aromatic heterocycles. The Balaban J connectivity index is 1.66. The van der Waals surface area contributed by atoms with Crippen LogP contribution >= 0.6 is 8.25 Å². The minimum absolute atomic E-state index is 0.138. The second-order valence-corrected chi connectivity index (χ2v) is 6.21. The first-order valence-electron chi connectivity index (χ1n) is 6.79. The molecular formula is C12H21F2O3P. The Labute approximate surface area is 107 Å². The van der Waals surface area contributed by atoms with Crippen molar-refractivity contribution < 1.29 is 22.4 Å². The number of rotatable bonds is 4. The molecule has 0 N–H and O–H groups in total. The van der Waals surface area contributed by atoms with Crippen LogP contribution in [0.15, 0.2) is 0 Å². The van der Waals surface area contributed by atoms with Crippen molar-refractivity contribution >= 4 is 8.25 Å².